The van der Waals surface area contributed by atoms with Crippen molar-refractivity contribution in [2.45, 2.75) is 27.3 Å². The van der Waals surface area contributed by atoms with Crippen LogP contribution in [0.25, 0.3) is 0 Å². The number of hydrogen-bond acceptors (Lipinski definition) is 7. The molecule has 2 rings (SSSR count). The lowest BCUT2D eigenvalue weighted by Gasteiger charge is -2.12. The number of aromatic nitrogens is 3. The summed E-state index contributed by atoms with van der Waals surface area (Å²) in [5.41, 5.74) is 6.22. The first-order valence-electron chi connectivity index (χ1n) is 5.32. The van der Waals surface area contributed by atoms with E-state index in [0.29, 0.717) is 17.3 Å². The van der Waals surface area contributed by atoms with Gasteiger partial charge in [-0.05, 0) is 25.3 Å². The molecule has 0 saturated carbocycles. The van der Waals surface area contributed by atoms with Crippen molar-refractivity contribution >= 4 is 23.2 Å². The molecule has 6 nitrogen and oxygen atoms in total. The molecule has 0 aliphatic carbocycles. The molecule has 2 aromatic rings. The molecule has 0 aromatic carbocycles. The number of nitrogens with two attached hydrogens (primary N) is 1. The number of nitriles is 1. The molecule has 7 heteroatoms. The highest BCUT2D eigenvalue weighted by molar-refractivity contribution is 7.10. The van der Waals surface area contributed by atoms with Crippen molar-refractivity contribution in [3.05, 3.63) is 27.7 Å². The van der Waals surface area contributed by atoms with Gasteiger partial charge in [0.15, 0.2) is 0 Å². The second-order valence-corrected chi connectivity index (χ2v) is 4.69. The second kappa shape index (κ2) is 6.11. The minimum absolute atomic E-state index is 0. The first kappa shape index (κ1) is 14.9. The van der Waals surface area contributed by atoms with Crippen molar-refractivity contribution in [2.75, 3.05) is 11.1 Å². The molecule has 2 heterocycles. The minimum atomic E-state index is -0.0548. The SMILES string of the molecule is C.Cc1nc(N)nc(NC(C)c2sccc2C#N)n1. The van der Waals surface area contributed by atoms with Gasteiger partial charge < -0.3 is 11.1 Å². The molecule has 0 fully saturated rings. The van der Waals surface area contributed by atoms with Gasteiger partial charge in [-0.25, -0.2) is 0 Å². The number of nitrogen functional groups attached to an aromatic ring is 1. The van der Waals surface area contributed by atoms with Crippen LogP contribution >= 0.6 is 11.3 Å². The van der Waals surface area contributed by atoms with E-state index >= 15 is 0 Å². The Morgan fingerprint density at radius 2 is 2.16 bits per heavy atom. The van der Waals surface area contributed by atoms with Gasteiger partial charge >= 0.3 is 0 Å². The Morgan fingerprint density at radius 3 is 2.79 bits per heavy atom. The Balaban J connectivity index is 0.00000180. The first-order chi connectivity index (χ1) is 8.60. The quantitative estimate of drug-likeness (QED) is 0.893. The van der Waals surface area contributed by atoms with E-state index in [1.165, 1.54) is 11.3 Å². The third-order valence-electron chi connectivity index (χ3n) is 2.32. The standard InChI is InChI=1S/C11H12N6S.CH4/c1-6(9-8(5-12)3-4-18-9)14-11-16-7(2)15-10(13)17-11;/h3-4,6H,1-2H3,(H3,13,14,15,16,17);1H4. The van der Waals surface area contributed by atoms with Crippen molar-refractivity contribution in [1.29, 1.82) is 5.26 Å². The van der Waals surface area contributed by atoms with E-state index in [9.17, 15) is 0 Å². The molecule has 1 unspecified atom stereocenters. The average Bonchev–Trinajstić information content (AvgIpc) is 2.75. The molecule has 1 atom stereocenters. The lowest BCUT2D eigenvalue weighted by atomic mass is 10.2. The van der Waals surface area contributed by atoms with Gasteiger partial charge in [0.1, 0.15) is 11.9 Å². The molecule has 0 radical (unpaired) electrons. The normalized spacial score (nSPS) is 11.2. The van der Waals surface area contributed by atoms with Crippen LogP contribution in [0.2, 0.25) is 0 Å². The molecule has 2 aromatic heterocycles. The van der Waals surface area contributed by atoms with Crippen LogP contribution in [0.1, 0.15) is 36.7 Å². The molecule has 0 bridgehead atoms. The molecule has 0 amide bonds. The maximum absolute atomic E-state index is 8.98. The van der Waals surface area contributed by atoms with Crippen molar-refractivity contribution in [3.63, 3.8) is 0 Å². The summed E-state index contributed by atoms with van der Waals surface area (Å²) < 4.78 is 0. The zero-order valence-corrected chi connectivity index (χ0v) is 10.8. The fourth-order valence-corrected chi connectivity index (χ4v) is 2.43. The fourth-order valence-electron chi connectivity index (χ4n) is 1.57. The lowest BCUT2D eigenvalue weighted by Crippen LogP contribution is -2.11. The number of rotatable bonds is 3. The zero-order valence-electron chi connectivity index (χ0n) is 10.0. The molecule has 0 aliphatic rings. The average molecular weight is 276 g/mol. The van der Waals surface area contributed by atoms with Crippen LogP contribution in [0.3, 0.4) is 0 Å². The van der Waals surface area contributed by atoms with Crippen LogP contribution in [0.4, 0.5) is 11.9 Å². The number of hydrogen-bond donors (Lipinski definition) is 2. The summed E-state index contributed by atoms with van der Waals surface area (Å²) in [6.45, 7) is 3.70. The van der Waals surface area contributed by atoms with E-state index in [2.05, 4.69) is 26.3 Å². The van der Waals surface area contributed by atoms with Crippen LogP contribution in [-0.4, -0.2) is 15.0 Å². The van der Waals surface area contributed by atoms with Crippen LogP contribution in [0.5, 0.6) is 0 Å². The van der Waals surface area contributed by atoms with Crippen LogP contribution in [0, 0.1) is 18.3 Å². The molecule has 0 saturated heterocycles. The van der Waals surface area contributed by atoms with E-state index < -0.39 is 0 Å². The summed E-state index contributed by atoms with van der Waals surface area (Å²) in [6, 6.07) is 3.90. The van der Waals surface area contributed by atoms with Crippen molar-refractivity contribution in [2.24, 2.45) is 0 Å². The maximum Gasteiger partial charge on any atom is 0.228 e. The monoisotopic (exact) mass is 276 g/mol. The van der Waals surface area contributed by atoms with E-state index in [0.717, 1.165) is 4.88 Å². The smallest absolute Gasteiger partial charge is 0.228 e. The summed E-state index contributed by atoms with van der Waals surface area (Å²) in [4.78, 5) is 13.0. The van der Waals surface area contributed by atoms with Crippen LogP contribution < -0.4 is 11.1 Å². The maximum atomic E-state index is 8.98. The predicted octanol–water partition coefficient (Wildman–Crippen LogP) is 2.50. The summed E-state index contributed by atoms with van der Waals surface area (Å²) >= 11 is 1.52. The Kier molecular flexibility index (Phi) is 4.78. The van der Waals surface area contributed by atoms with Gasteiger partial charge in [0, 0.05) is 4.88 Å². The molecular weight excluding hydrogens is 260 g/mol. The van der Waals surface area contributed by atoms with Crippen molar-refractivity contribution in [3.8, 4) is 6.07 Å². The molecule has 3 N–H and O–H groups in total. The number of nitrogens with zero attached hydrogens (tertiary/aromatic N) is 4. The summed E-state index contributed by atoms with van der Waals surface area (Å²) in [7, 11) is 0. The van der Waals surface area contributed by atoms with Gasteiger partial charge in [0.05, 0.1) is 11.6 Å². The molecular formula is C12H16N6S. The Labute approximate surface area is 116 Å². The molecule has 0 spiro atoms. The van der Waals surface area contributed by atoms with Crippen LogP contribution in [-0.2, 0) is 0 Å². The predicted molar refractivity (Wildman–Crippen MR) is 76.8 cm³/mol. The zero-order chi connectivity index (χ0) is 13.1. The minimum Gasteiger partial charge on any atom is -0.368 e. The Bertz CT molecular complexity index is 580. The van der Waals surface area contributed by atoms with Gasteiger partial charge in [-0.2, -0.15) is 20.2 Å². The van der Waals surface area contributed by atoms with Gasteiger partial charge in [-0.15, -0.1) is 11.3 Å². The van der Waals surface area contributed by atoms with Crippen molar-refractivity contribution < 1.29 is 0 Å². The highest BCUT2D eigenvalue weighted by Crippen LogP contribution is 2.25. The third-order valence-corrected chi connectivity index (χ3v) is 3.42. The Hall–Kier alpha value is -2.20. The van der Waals surface area contributed by atoms with E-state index in [4.69, 9.17) is 11.0 Å². The van der Waals surface area contributed by atoms with Gasteiger partial charge in [0.2, 0.25) is 11.9 Å². The van der Waals surface area contributed by atoms with E-state index in [-0.39, 0.29) is 19.4 Å². The first-order valence-corrected chi connectivity index (χ1v) is 6.20. The third kappa shape index (κ3) is 3.39. The van der Waals surface area contributed by atoms with Gasteiger partial charge in [-0.3, -0.25) is 0 Å². The number of anilines is 2. The second-order valence-electron chi connectivity index (χ2n) is 3.74. The van der Waals surface area contributed by atoms with Gasteiger partial charge in [0.25, 0.3) is 0 Å². The Morgan fingerprint density at radius 1 is 1.42 bits per heavy atom. The fraction of sp³-hybridized carbons (Fsp3) is 0.333. The van der Waals surface area contributed by atoms with E-state index in [1.54, 1.807) is 13.0 Å². The summed E-state index contributed by atoms with van der Waals surface area (Å²) in [6.07, 6.45) is 0. The topological polar surface area (TPSA) is 101 Å². The lowest BCUT2D eigenvalue weighted by molar-refractivity contribution is 0.861. The molecule has 100 valence electrons. The molecule has 0 aliphatic heterocycles. The number of aryl methyl sites for hydroxylation is 1. The summed E-state index contributed by atoms with van der Waals surface area (Å²) in [5, 5.41) is 14.0. The number of nitrogens with one attached hydrogen (secondary N) is 1. The highest BCUT2D eigenvalue weighted by atomic mass is 32.1. The highest BCUT2D eigenvalue weighted by Gasteiger charge is 2.13. The van der Waals surface area contributed by atoms with Gasteiger partial charge in [-0.1, -0.05) is 7.43 Å². The summed E-state index contributed by atoms with van der Waals surface area (Å²) in [5.74, 6) is 1.16. The van der Waals surface area contributed by atoms with Crippen LogP contribution in [0.15, 0.2) is 11.4 Å². The van der Waals surface area contributed by atoms with E-state index in [1.807, 2.05) is 12.3 Å². The largest absolute Gasteiger partial charge is 0.368 e. The molecule has 19 heavy (non-hydrogen) atoms. The number of thiophene rings is 1. The van der Waals surface area contributed by atoms with Crippen molar-refractivity contribution in [1.82, 2.24) is 15.0 Å².